The first kappa shape index (κ1) is 14.6. The molecule has 0 aliphatic heterocycles. The summed E-state index contributed by atoms with van der Waals surface area (Å²) in [7, 11) is 0. The van der Waals surface area contributed by atoms with Crippen molar-refractivity contribution in [3.8, 4) is 0 Å². The van der Waals surface area contributed by atoms with Crippen molar-refractivity contribution in [1.29, 1.82) is 0 Å². The molecule has 1 heterocycles. The van der Waals surface area contributed by atoms with Crippen molar-refractivity contribution in [3.05, 3.63) is 24.0 Å². The van der Waals surface area contributed by atoms with E-state index in [1.54, 1.807) is 12.4 Å². The molecule has 0 aromatic carbocycles. The van der Waals surface area contributed by atoms with E-state index in [2.05, 4.69) is 10.3 Å². The second-order valence-corrected chi connectivity index (χ2v) is 4.39. The standard InChI is InChI=1S/C11H16N2O.C2H6/c1-8-5-6-12-7-9(8)13-10(14)11(2,3)4;1-2/h5-7H,1-4H3,(H,13,14);1-2H3. The predicted molar refractivity (Wildman–Crippen MR) is 68.4 cm³/mol. The Morgan fingerprint density at radius 1 is 1.31 bits per heavy atom. The van der Waals surface area contributed by atoms with Crippen molar-refractivity contribution < 1.29 is 4.79 Å². The van der Waals surface area contributed by atoms with Gasteiger partial charge in [-0.15, -0.1) is 0 Å². The summed E-state index contributed by atoms with van der Waals surface area (Å²) in [5, 5.41) is 2.85. The smallest absolute Gasteiger partial charge is 0.229 e. The molecule has 0 saturated heterocycles. The number of rotatable bonds is 1. The van der Waals surface area contributed by atoms with Gasteiger partial charge in [-0.25, -0.2) is 0 Å². The third-order valence-electron chi connectivity index (χ3n) is 1.97. The van der Waals surface area contributed by atoms with Gasteiger partial charge in [-0.1, -0.05) is 34.6 Å². The molecule has 0 unspecified atom stereocenters. The van der Waals surface area contributed by atoms with Gasteiger partial charge in [0.05, 0.1) is 11.9 Å². The number of carbonyl (C=O) groups excluding carboxylic acids is 1. The summed E-state index contributed by atoms with van der Waals surface area (Å²) in [6, 6.07) is 1.87. The summed E-state index contributed by atoms with van der Waals surface area (Å²) >= 11 is 0. The van der Waals surface area contributed by atoms with Crippen molar-refractivity contribution in [3.63, 3.8) is 0 Å². The molecule has 0 aliphatic carbocycles. The van der Waals surface area contributed by atoms with Crippen LogP contribution in [0.1, 0.15) is 40.2 Å². The molecule has 0 saturated carbocycles. The number of aryl methyl sites for hydroxylation is 1. The van der Waals surface area contributed by atoms with Crippen LogP contribution in [0.5, 0.6) is 0 Å². The van der Waals surface area contributed by atoms with Crippen LogP contribution in [0, 0.1) is 12.3 Å². The van der Waals surface area contributed by atoms with Gasteiger partial charge in [-0.2, -0.15) is 0 Å². The van der Waals surface area contributed by atoms with Gasteiger partial charge in [0.25, 0.3) is 0 Å². The van der Waals surface area contributed by atoms with Crippen molar-refractivity contribution in [2.24, 2.45) is 5.41 Å². The van der Waals surface area contributed by atoms with E-state index in [1.165, 1.54) is 0 Å². The molecule has 3 heteroatoms. The maximum absolute atomic E-state index is 11.6. The molecule has 1 aromatic rings. The highest BCUT2D eigenvalue weighted by molar-refractivity contribution is 5.94. The minimum atomic E-state index is -0.373. The first-order chi connectivity index (χ1) is 7.41. The molecule has 0 radical (unpaired) electrons. The lowest BCUT2D eigenvalue weighted by molar-refractivity contribution is -0.123. The second-order valence-electron chi connectivity index (χ2n) is 4.39. The van der Waals surface area contributed by atoms with Crippen LogP contribution < -0.4 is 5.32 Å². The molecule has 1 amide bonds. The number of hydrogen-bond acceptors (Lipinski definition) is 2. The van der Waals surface area contributed by atoms with Gasteiger partial charge in [0.1, 0.15) is 0 Å². The first-order valence-electron chi connectivity index (χ1n) is 5.63. The Balaban J connectivity index is 0.00000106. The minimum Gasteiger partial charge on any atom is -0.324 e. The summed E-state index contributed by atoms with van der Waals surface area (Å²) in [6.45, 7) is 11.6. The Morgan fingerprint density at radius 3 is 2.31 bits per heavy atom. The van der Waals surface area contributed by atoms with Gasteiger partial charge < -0.3 is 5.32 Å². The largest absolute Gasteiger partial charge is 0.324 e. The molecule has 3 nitrogen and oxygen atoms in total. The van der Waals surface area contributed by atoms with Crippen LogP contribution in [0.3, 0.4) is 0 Å². The van der Waals surface area contributed by atoms with Crippen molar-refractivity contribution in [2.45, 2.75) is 41.5 Å². The third kappa shape index (κ3) is 4.43. The van der Waals surface area contributed by atoms with E-state index in [4.69, 9.17) is 0 Å². The number of aromatic nitrogens is 1. The van der Waals surface area contributed by atoms with Gasteiger partial charge in [0.15, 0.2) is 0 Å². The molecule has 1 N–H and O–H groups in total. The molecule has 0 spiro atoms. The molecule has 1 rings (SSSR count). The van der Waals surface area contributed by atoms with Gasteiger partial charge in [0, 0.05) is 11.6 Å². The zero-order chi connectivity index (χ0) is 12.8. The van der Waals surface area contributed by atoms with Gasteiger partial charge in [-0.05, 0) is 18.6 Å². The van der Waals surface area contributed by atoms with Crippen molar-refractivity contribution in [1.82, 2.24) is 4.98 Å². The fourth-order valence-electron chi connectivity index (χ4n) is 0.905. The quantitative estimate of drug-likeness (QED) is 0.791. The maximum Gasteiger partial charge on any atom is 0.229 e. The maximum atomic E-state index is 11.6. The predicted octanol–water partition coefficient (Wildman–Crippen LogP) is 3.40. The van der Waals surface area contributed by atoms with E-state index < -0.39 is 0 Å². The van der Waals surface area contributed by atoms with Gasteiger partial charge in [-0.3, -0.25) is 9.78 Å². The average molecular weight is 222 g/mol. The Hall–Kier alpha value is -1.38. The van der Waals surface area contributed by atoms with E-state index in [1.807, 2.05) is 47.6 Å². The van der Waals surface area contributed by atoms with Crippen LogP contribution in [0.25, 0.3) is 0 Å². The lowest BCUT2D eigenvalue weighted by atomic mass is 9.95. The van der Waals surface area contributed by atoms with Crippen LogP contribution >= 0.6 is 0 Å². The third-order valence-corrected chi connectivity index (χ3v) is 1.97. The molecule has 90 valence electrons. The highest BCUT2D eigenvalue weighted by Crippen LogP contribution is 2.18. The Labute approximate surface area is 98.3 Å². The molecule has 0 aliphatic rings. The minimum absolute atomic E-state index is 0.00796. The normalized spacial score (nSPS) is 10.1. The number of pyridine rings is 1. The highest BCUT2D eigenvalue weighted by atomic mass is 16.2. The number of anilines is 1. The lowest BCUT2D eigenvalue weighted by Crippen LogP contribution is -2.27. The molecule has 0 fully saturated rings. The number of nitrogens with one attached hydrogen (secondary N) is 1. The molecule has 16 heavy (non-hydrogen) atoms. The number of carbonyl (C=O) groups is 1. The highest BCUT2D eigenvalue weighted by Gasteiger charge is 2.21. The SMILES string of the molecule is CC.Cc1ccncc1NC(=O)C(C)(C)C. The molecular formula is C13H22N2O. The fraction of sp³-hybridized carbons (Fsp3) is 0.538. The Morgan fingerprint density at radius 2 is 1.88 bits per heavy atom. The van der Waals surface area contributed by atoms with E-state index >= 15 is 0 Å². The van der Waals surface area contributed by atoms with Crippen molar-refractivity contribution >= 4 is 11.6 Å². The summed E-state index contributed by atoms with van der Waals surface area (Å²) in [5.74, 6) is 0.00796. The zero-order valence-corrected chi connectivity index (χ0v) is 11.1. The monoisotopic (exact) mass is 222 g/mol. The average Bonchev–Trinajstić information content (AvgIpc) is 2.23. The van der Waals surface area contributed by atoms with Gasteiger partial charge >= 0.3 is 0 Å². The van der Waals surface area contributed by atoms with E-state index in [9.17, 15) is 4.79 Å². The Bertz CT molecular complexity index is 340. The number of nitrogens with zero attached hydrogens (tertiary/aromatic N) is 1. The van der Waals surface area contributed by atoms with Crippen LogP contribution in [-0.4, -0.2) is 10.9 Å². The Kier molecular flexibility index (Phi) is 5.72. The topological polar surface area (TPSA) is 42.0 Å². The molecule has 1 aromatic heterocycles. The summed E-state index contributed by atoms with van der Waals surface area (Å²) in [6.07, 6.45) is 3.38. The number of amides is 1. The van der Waals surface area contributed by atoms with E-state index in [0.717, 1.165) is 11.3 Å². The first-order valence-corrected chi connectivity index (χ1v) is 5.63. The lowest BCUT2D eigenvalue weighted by Gasteiger charge is -2.18. The van der Waals surface area contributed by atoms with Crippen LogP contribution in [-0.2, 0) is 4.79 Å². The van der Waals surface area contributed by atoms with Crippen LogP contribution in [0.15, 0.2) is 18.5 Å². The zero-order valence-electron chi connectivity index (χ0n) is 11.1. The van der Waals surface area contributed by atoms with Gasteiger partial charge in [0.2, 0.25) is 5.91 Å². The fourth-order valence-corrected chi connectivity index (χ4v) is 0.905. The van der Waals surface area contributed by atoms with Crippen molar-refractivity contribution in [2.75, 3.05) is 5.32 Å². The van der Waals surface area contributed by atoms with Crippen LogP contribution in [0.4, 0.5) is 5.69 Å². The molecular weight excluding hydrogens is 200 g/mol. The summed E-state index contributed by atoms with van der Waals surface area (Å²) < 4.78 is 0. The van der Waals surface area contributed by atoms with E-state index in [0.29, 0.717) is 0 Å². The van der Waals surface area contributed by atoms with E-state index in [-0.39, 0.29) is 11.3 Å². The van der Waals surface area contributed by atoms with Crippen LogP contribution in [0.2, 0.25) is 0 Å². The summed E-state index contributed by atoms with van der Waals surface area (Å²) in [5.41, 5.74) is 1.44. The summed E-state index contributed by atoms with van der Waals surface area (Å²) in [4.78, 5) is 15.6. The molecule has 0 atom stereocenters. The second kappa shape index (κ2) is 6.26. The number of hydrogen-bond donors (Lipinski definition) is 1. The molecule has 0 bridgehead atoms.